The predicted molar refractivity (Wildman–Crippen MR) is 66.2 cm³/mol. The van der Waals surface area contributed by atoms with Crippen molar-refractivity contribution in [3.63, 3.8) is 0 Å². The summed E-state index contributed by atoms with van der Waals surface area (Å²) in [6.07, 6.45) is -0.539. The molecule has 0 aliphatic carbocycles. The Morgan fingerprint density at radius 3 is 2.56 bits per heavy atom. The number of hydrogen-bond donors (Lipinski definition) is 1. The van der Waals surface area contributed by atoms with E-state index in [0.717, 1.165) is 6.26 Å². The van der Waals surface area contributed by atoms with Gasteiger partial charge in [0.2, 0.25) is 0 Å². The number of sulfone groups is 1. The van der Waals surface area contributed by atoms with E-state index in [4.69, 9.17) is 11.6 Å². The van der Waals surface area contributed by atoms with Gasteiger partial charge < -0.3 is 9.84 Å². The Kier molecular flexibility index (Phi) is 4.72. The van der Waals surface area contributed by atoms with Crippen molar-refractivity contribution in [2.24, 2.45) is 0 Å². The zero-order valence-electron chi connectivity index (χ0n) is 9.88. The van der Waals surface area contributed by atoms with Gasteiger partial charge in [0.05, 0.1) is 11.5 Å². The number of halogens is 1. The maximum Gasteiger partial charge on any atom is 0.339 e. The lowest BCUT2D eigenvalue weighted by atomic mass is 10.1. The Morgan fingerprint density at radius 2 is 2.06 bits per heavy atom. The number of aliphatic hydroxyl groups is 1. The van der Waals surface area contributed by atoms with Crippen LogP contribution in [0.25, 0.3) is 0 Å². The average molecular weight is 293 g/mol. The Morgan fingerprint density at radius 1 is 1.44 bits per heavy atom. The third-order valence-electron chi connectivity index (χ3n) is 2.15. The Balaban J connectivity index is 3.18. The molecule has 7 heteroatoms. The molecule has 0 aromatic heterocycles. The highest BCUT2D eigenvalue weighted by atomic mass is 35.5. The molecule has 0 bridgehead atoms. The quantitative estimate of drug-likeness (QED) is 0.847. The molecule has 0 heterocycles. The first-order valence-electron chi connectivity index (χ1n) is 5.11. The SMILES string of the molecule is CCOC(=O)C(O)c1cc(Cl)cc(S(C)(=O)=O)c1. The lowest BCUT2D eigenvalue weighted by molar-refractivity contribution is -0.153. The molecule has 1 aromatic carbocycles. The molecule has 0 fully saturated rings. The van der Waals surface area contributed by atoms with Crippen LogP contribution in [0, 0.1) is 0 Å². The molecule has 100 valence electrons. The summed E-state index contributed by atoms with van der Waals surface area (Å²) in [5, 5.41) is 9.83. The van der Waals surface area contributed by atoms with Gasteiger partial charge in [0.15, 0.2) is 15.9 Å². The van der Waals surface area contributed by atoms with E-state index < -0.39 is 21.9 Å². The number of carbonyl (C=O) groups is 1. The molecule has 0 aliphatic rings. The van der Waals surface area contributed by atoms with E-state index in [1.54, 1.807) is 6.92 Å². The second kappa shape index (κ2) is 5.69. The highest BCUT2D eigenvalue weighted by Gasteiger charge is 2.21. The second-order valence-electron chi connectivity index (χ2n) is 3.65. The van der Waals surface area contributed by atoms with Gasteiger partial charge in [-0.2, -0.15) is 0 Å². The molecule has 0 amide bonds. The summed E-state index contributed by atoms with van der Waals surface area (Å²) in [7, 11) is -3.47. The summed E-state index contributed by atoms with van der Waals surface area (Å²) in [5.74, 6) is -0.848. The van der Waals surface area contributed by atoms with Crippen LogP contribution in [0.3, 0.4) is 0 Å². The fourth-order valence-electron chi connectivity index (χ4n) is 1.31. The first-order chi connectivity index (χ1) is 8.25. The van der Waals surface area contributed by atoms with Crippen molar-refractivity contribution in [3.05, 3.63) is 28.8 Å². The van der Waals surface area contributed by atoms with Crippen LogP contribution in [-0.2, 0) is 19.4 Å². The minimum Gasteiger partial charge on any atom is -0.464 e. The monoisotopic (exact) mass is 292 g/mol. The summed E-state index contributed by atoms with van der Waals surface area (Å²) in [4.78, 5) is 11.3. The van der Waals surface area contributed by atoms with E-state index >= 15 is 0 Å². The normalized spacial score (nSPS) is 13.1. The standard InChI is InChI=1S/C11H13ClO5S/c1-3-17-11(14)10(13)7-4-8(12)6-9(5-7)18(2,15)16/h4-6,10,13H,3H2,1-2H3. The maximum absolute atomic E-state index is 11.4. The molecule has 1 rings (SSSR count). The van der Waals surface area contributed by atoms with E-state index in [9.17, 15) is 18.3 Å². The lowest BCUT2D eigenvalue weighted by Crippen LogP contribution is -2.15. The number of hydrogen-bond acceptors (Lipinski definition) is 5. The van der Waals surface area contributed by atoms with Crippen LogP contribution >= 0.6 is 11.6 Å². The van der Waals surface area contributed by atoms with Crippen molar-refractivity contribution in [2.75, 3.05) is 12.9 Å². The van der Waals surface area contributed by atoms with Crippen molar-refractivity contribution >= 4 is 27.4 Å². The zero-order valence-corrected chi connectivity index (χ0v) is 11.5. The molecule has 0 saturated heterocycles. The van der Waals surface area contributed by atoms with Crippen molar-refractivity contribution in [1.82, 2.24) is 0 Å². The van der Waals surface area contributed by atoms with Crippen LogP contribution in [0.2, 0.25) is 5.02 Å². The number of rotatable bonds is 4. The molecule has 1 unspecified atom stereocenters. The minimum absolute atomic E-state index is 0.0617. The van der Waals surface area contributed by atoms with Gasteiger partial charge in [-0.15, -0.1) is 0 Å². The molecular weight excluding hydrogens is 280 g/mol. The predicted octanol–water partition coefficient (Wildman–Crippen LogP) is 1.34. The topological polar surface area (TPSA) is 80.7 Å². The molecule has 0 saturated carbocycles. The third-order valence-corrected chi connectivity index (χ3v) is 3.46. The molecule has 5 nitrogen and oxygen atoms in total. The Labute approximate surface area is 110 Å². The first-order valence-corrected chi connectivity index (χ1v) is 7.38. The number of esters is 1. The molecule has 0 spiro atoms. The highest BCUT2D eigenvalue weighted by Crippen LogP contribution is 2.24. The number of carbonyl (C=O) groups excluding carboxylic acids is 1. The third kappa shape index (κ3) is 3.69. The van der Waals surface area contributed by atoms with E-state index in [-0.39, 0.29) is 22.1 Å². The average Bonchev–Trinajstić information content (AvgIpc) is 2.26. The summed E-state index contributed by atoms with van der Waals surface area (Å²) >= 11 is 5.75. The summed E-state index contributed by atoms with van der Waals surface area (Å²) in [6, 6.07) is 3.76. The van der Waals surface area contributed by atoms with Crippen molar-refractivity contribution in [2.45, 2.75) is 17.9 Å². The summed E-state index contributed by atoms with van der Waals surface area (Å²) < 4.78 is 27.4. The Bertz CT molecular complexity index is 553. The minimum atomic E-state index is -3.47. The summed E-state index contributed by atoms with van der Waals surface area (Å²) in [6.45, 7) is 1.72. The molecule has 1 aromatic rings. The van der Waals surface area contributed by atoms with Gasteiger partial charge in [-0.1, -0.05) is 11.6 Å². The number of aliphatic hydroxyl groups excluding tert-OH is 1. The van der Waals surface area contributed by atoms with Crippen molar-refractivity contribution in [3.8, 4) is 0 Å². The number of benzene rings is 1. The first kappa shape index (κ1) is 14.9. The van der Waals surface area contributed by atoms with Crippen molar-refractivity contribution in [1.29, 1.82) is 0 Å². The van der Waals surface area contributed by atoms with Crippen LogP contribution in [-0.4, -0.2) is 32.4 Å². The zero-order chi connectivity index (χ0) is 13.9. The van der Waals surface area contributed by atoms with Crippen LogP contribution in [0.1, 0.15) is 18.6 Å². The molecule has 1 N–H and O–H groups in total. The second-order valence-corrected chi connectivity index (χ2v) is 6.10. The molecule has 18 heavy (non-hydrogen) atoms. The smallest absolute Gasteiger partial charge is 0.339 e. The van der Waals surface area contributed by atoms with Gasteiger partial charge in [0, 0.05) is 11.3 Å². The van der Waals surface area contributed by atoms with E-state index in [0.29, 0.717) is 0 Å². The van der Waals surface area contributed by atoms with Gasteiger partial charge in [-0.25, -0.2) is 13.2 Å². The number of ether oxygens (including phenoxy) is 1. The van der Waals surface area contributed by atoms with E-state index in [1.165, 1.54) is 18.2 Å². The van der Waals surface area contributed by atoms with Crippen LogP contribution in [0.4, 0.5) is 0 Å². The van der Waals surface area contributed by atoms with Gasteiger partial charge in [0.1, 0.15) is 0 Å². The molecule has 0 radical (unpaired) electrons. The molecule has 0 aliphatic heterocycles. The summed E-state index contributed by atoms with van der Waals surface area (Å²) in [5.41, 5.74) is 0.0846. The maximum atomic E-state index is 11.4. The van der Waals surface area contributed by atoms with Crippen LogP contribution in [0.15, 0.2) is 23.1 Å². The van der Waals surface area contributed by atoms with Gasteiger partial charge in [-0.05, 0) is 30.7 Å². The van der Waals surface area contributed by atoms with E-state index in [1.807, 2.05) is 0 Å². The lowest BCUT2D eigenvalue weighted by Gasteiger charge is -2.11. The van der Waals surface area contributed by atoms with Crippen LogP contribution < -0.4 is 0 Å². The fraction of sp³-hybridized carbons (Fsp3) is 0.364. The molecule has 1 atom stereocenters. The highest BCUT2D eigenvalue weighted by molar-refractivity contribution is 7.90. The van der Waals surface area contributed by atoms with Gasteiger partial charge >= 0.3 is 5.97 Å². The Hall–Kier alpha value is -1.11. The van der Waals surface area contributed by atoms with Crippen LogP contribution in [0.5, 0.6) is 0 Å². The van der Waals surface area contributed by atoms with Crippen molar-refractivity contribution < 1.29 is 23.1 Å². The van der Waals surface area contributed by atoms with Gasteiger partial charge in [0.25, 0.3) is 0 Å². The molecular formula is C11H13ClO5S. The largest absolute Gasteiger partial charge is 0.464 e. The van der Waals surface area contributed by atoms with Gasteiger partial charge in [-0.3, -0.25) is 0 Å². The van der Waals surface area contributed by atoms with E-state index in [2.05, 4.69) is 4.74 Å². The fourth-order valence-corrected chi connectivity index (χ4v) is 2.31.